The van der Waals surface area contributed by atoms with Gasteiger partial charge in [0.25, 0.3) is 0 Å². The summed E-state index contributed by atoms with van der Waals surface area (Å²) in [7, 11) is 2.32. The number of aryl methyl sites for hydroxylation is 2. The third kappa shape index (κ3) is 2.32. The average molecular weight is 333 g/mol. The van der Waals surface area contributed by atoms with Crippen molar-refractivity contribution in [2.45, 2.75) is 44.7 Å². The molecule has 0 amide bonds. The zero-order valence-electron chi connectivity index (χ0n) is 15.4. The highest BCUT2D eigenvalue weighted by Crippen LogP contribution is 2.56. The van der Waals surface area contributed by atoms with E-state index in [2.05, 4.69) is 66.0 Å². The van der Waals surface area contributed by atoms with Crippen LogP contribution in [0.1, 0.15) is 34.7 Å². The minimum atomic E-state index is 0.666. The van der Waals surface area contributed by atoms with Crippen molar-refractivity contribution in [3.63, 3.8) is 0 Å². The molecule has 2 bridgehead atoms. The Labute approximate surface area is 150 Å². The molecule has 0 N–H and O–H groups in total. The van der Waals surface area contributed by atoms with E-state index in [9.17, 15) is 0 Å². The zero-order chi connectivity index (χ0) is 17.1. The number of anilines is 1. The number of pyridine rings is 1. The zero-order valence-corrected chi connectivity index (χ0v) is 15.4. The molecular weight excluding hydrogens is 306 g/mol. The van der Waals surface area contributed by atoms with Crippen LogP contribution in [-0.4, -0.2) is 42.1 Å². The summed E-state index contributed by atoms with van der Waals surface area (Å²) in [4.78, 5) is 9.79. The van der Waals surface area contributed by atoms with Gasteiger partial charge in [0.05, 0.1) is 6.04 Å². The third-order valence-electron chi connectivity index (χ3n) is 6.73. The van der Waals surface area contributed by atoms with Gasteiger partial charge in [0.1, 0.15) is 0 Å². The van der Waals surface area contributed by atoms with Crippen LogP contribution in [-0.2, 0) is 6.42 Å². The smallest absolute Gasteiger partial charge is 0.0518 e. The molecule has 130 valence electrons. The average Bonchev–Trinajstić information content (AvgIpc) is 3.23. The van der Waals surface area contributed by atoms with Crippen LogP contribution in [0.15, 0.2) is 36.5 Å². The first-order chi connectivity index (χ1) is 12.1. The Morgan fingerprint density at radius 1 is 1.16 bits per heavy atom. The lowest BCUT2D eigenvalue weighted by Crippen LogP contribution is -2.49. The van der Waals surface area contributed by atoms with Crippen molar-refractivity contribution < 1.29 is 0 Å². The van der Waals surface area contributed by atoms with Gasteiger partial charge < -0.3 is 9.80 Å². The maximum Gasteiger partial charge on any atom is 0.0518 e. The predicted octanol–water partition coefficient (Wildman–Crippen LogP) is 3.55. The third-order valence-corrected chi connectivity index (χ3v) is 6.73. The molecular formula is C22H27N3. The molecule has 2 fully saturated rings. The summed E-state index contributed by atoms with van der Waals surface area (Å²) in [5.41, 5.74) is 6.95. The van der Waals surface area contributed by atoms with Crippen molar-refractivity contribution in [3.05, 3.63) is 58.9 Å². The number of hydrogen-bond donors (Lipinski definition) is 0. The molecule has 3 nitrogen and oxygen atoms in total. The Hall–Kier alpha value is -1.87. The van der Waals surface area contributed by atoms with Gasteiger partial charge in [-0.1, -0.05) is 23.8 Å². The molecule has 3 heteroatoms. The SMILES string of the molecule is Cc1ccc2c(c1)[C@H]1[C@H]3C[C@H]([C@H]1N2CCc1ccc(C)nc1)N(C)C3. The van der Waals surface area contributed by atoms with Crippen molar-refractivity contribution >= 4 is 5.69 Å². The summed E-state index contributed by atoms with van der Waals surface area (Å²) in [6.45, 7) is 6.65. The minimum absolute atomic E-state index is 0.666. The number of aromatic nitrogens is 1. The van der Waals surface area contributed by atoms with E-state index in [1.807, 2.05) is 6.20 Å². The number of likely N-dealkylation sites (N-methyl/N-ethyl adjacent to an activating group) is 1. The van der Waals surface area contributed by atoms with Gasteiger partial charge in [-0.15, -0.1) is 0 Å². The van der Waals surface area contributed by atoms with Gasteiger partial charge in [-0.25, -0.2) is 0 Å². The van der Waals surface area contributed by atoms with E-state index >= 15 is 0 Å². The van der Waals surface area contributed by atoms with Crippen LogP contribution in [0.3, 0.4) is 0 Å². The van der Waals surface area contributed by atoms with Crippen molar-refractivity contribution in [2.24, 2.45) is 5.92 Å². The maximum absolute atomic E-state index is 4.47. The monoisotopic (exact) mass is 333 g/mol. The van der Waals surface area contributed by atoms with Crippen LogP contribution in [0.2, 0.25) is 0 Å². The number of hydrogen-bond acceptors (Lipinski definition) is 3. The first-order valence-corrected chi connectivity index (χ1v) is 9.61. The summed E-state index contributed by atoms with van der Waals surface area (Å²) in [5, 5.41) is 0. The number of rotatable bonds is 3. The van der Waals surface area contributed by atoms with Crippen LogP contribution in [0.25, 0.3) is 0 Å². The molecule has 2 aliphatic heterocycles. The normalized spacial score (nSPS) is 30.0. The molecule has 5 rings (SSSR count). The number of benzene rings is 1. The van der Waals surface area contributed by atoms with E-state index in [-0.39, 0.29) is 0 Å². The standard InChI is InChI=1S/C22H27N3/c1-14-4-7-19-18(10-14)21-17-11-20(24(3)13-17)22(21)25(19)9-8-16-6-5-15(2)23-12-16/h4-7,10,12,17,20-22H,8-9,11,13H2,1-3H3/t17-,20+,21+,22+/m0/s1. The lowest BCUT2D eigenvalue weighted by atomic mass is 9.86. The van der Waals surface area contributed by atoms with Crippen LogP contribution in [0, 0.1) is 19.8 Å². The van der Waals surface area contributed by atoms with Gasteiger partial charge in [-0.3, -0.25) is 4.98 Å². The van der Waals surface area contributed by atoms with Crippen molar-refractivity contribution in [1.82, 2.24) is 9.88 Å². The van der Waals surface area contributed by atoms with E-state index < -0.39 is 0 Å². The quantitative estimate of drug-likeness (QED) is 0.856. The van der Waals surface area contributed by atoms with E-state index in [0.29, 0.717) is 6.04 Å². The molecule has 1 saturated heterocycles. The molecule has 1 aromatic carbocycles. The molecule has 1 aromatic heterocycles. The summed E-state index contributed by atoms with van der Waals surface area (Å²) < 4.78 is 0. The number of likely N-dealkylation sites (tertiary alicyclic amines) is 1. The molecule has 2 aromatic rings. The molecule has 3 aliphatic rings. The van der Waals surface area contributed by atoms with Gasteiger partial charge in [0.2, 0.25) is 0 Å². The highest BCUT2D eigenvalue weighted by Gasteiger charge is 2.56. The topological polar surface area (TPSA) is 19.4 Å². The number of fused-ring (bicyclic) bond motifs is 7. The highest BCUT2D eigenvalue weighted by molar-refractivity contribution is 5.65. The van der Waals surface area contributed by atoms with E-state index in [4.69, 9.17) is 0 Å². The highest BCUT2D eigenvalue weighted by atomic mass is 15.3. The molecule has 1 saturated carbocycles. The Bertz CT molecular complexity index is 797. The Morgan fingerprint density at radius 2 is 2.04 bits per heavy atom. The lowest BCUT2D eigenvalue weighted by molar-refractivity contribution is 0.217. The Balaban J connectivity index is 1.46. The van der Waals surface area contributed by atoms with Crippen LogP contribution in [0.4, 0.5) is 5.69 Å². The molecule has 3 heterocycles. The summed E-state index contributed by atoms with van der Waals surface area (Å²) in [6.07, 6.45) is 4.50. The summed E-state index contributed by atoms with van der Waals surface area (Å²) in [6, 6.07) is 12.9. The Morgan fingerprint density at radius 3 is 2.84 bits per heavy atom. The molecule has 4 atom stereocenters. The fourth-order valence-corrected chi connectivity index (χ4v) is 5.62. The van der Waals surface area contributed by atoms with Crippen LogP contribution >= 0.6 is 0 Å². The van der Waals surface area contributed by atoms with E-state index in [1.54, 1.807) is 5.56 Å². The molecule has 0 radical (unpaired) electrons. The van der Waals surface area contributed by atoms with Crippen molar-refractivity contribution in [3.8, 4) is 0 Å². The minimum Gasteiger partial charge on any atom is -0.366 e. The summed E-state index contributed by atoms with van der Waals surface area (Å²) >= 11 is 0. The molecule has 0 spiro atoms. The number of nitrogens with zero attached hydrogens (tertiary/aromatic N) is 3. The van der Waals surface area contributed by atoms with Crippen LogP contribution < -0.4 is 4.90 Å². The fourth-order valence-electron chi connectivity index (χ4n) is 5.62. The first-order valence-electron chi connectivity index (χ1n) is 9.61. The molecule has 0 unspecified atom stereocenters. The maximum atomic E-state index is 4.47. The van der Waals surface area contributed by atoms with Crippen molar-refractivity contribution in [1.29, 1.82) is 0 Å². The van der Waals surface area contributed by atoms with Gasteiger partial charge in [0.15, 0.2) is 0 Å². The van der Waals surface area contributed by atoms with Gasteiger partial charge in [-0.05, 0) is 62.9 Å². The molecule has 1 aliphatic carbocycles. The van der Waals surface area contributed by atoms with E-state index in [0.717, 1.165) is 36.5 Å². The van der Waals surface area contributed by atoms with Gasteiger partial charge in [-0.2, -0.15) is 0 Å². The Kier molecular flexibility index (Phi) is 3.43. The second-order valence-corrected chi connectivity index (χ2v) is 8.33. The van der Waals surface area contributed by atoms with Crippen molar-refractivity contribution in [2.75, 3.05) is 25.0 Å². The van der Waals surface area contributed by atoms with Gasteiger partial charge in [0, 0.05) is 42.6 Å². The second kappa shape index (κ2) is 5.57. The second-order valence-electron chi connectivity index (χ2n) is 8.33. The summed E-state index contributed by atoms with van der Waals surface area (Å²) in [5.74, 6) is 1.58. The lowest BCUT2D eigenvalue weighted by Gasteiger charge is -2.38. The van der Waals surface area contributed by atoms with Crippen LogP contribution in [0.5, 0.6) is 0 Å². The van der Waals surface area contributed by atoms with Gasteiger partial charge >= 0.3 is 0 Å². The number of piperidine rings is 1. The first kappa shape index (κ1) is 15.4. The molecule has 25 heavy (non-hydrogen) atoms. The van der Waals surface area contributed by atoms with E-state index in [1.165, 1.54) is 29.8 Å². The predicted molar refractivity (Wildman–Crippen MR) is 102 cm³/mol. The fraction of sp³-hybridized carbons (Fsp3) is 0.500. The largest absolute Gasteiger partial charge is 0.366 e.